The molecule has 0 radical (unpaired) electrons. The van der Waals surface area contributed by atoms with Crippen LogP contribution in [0.1, 0.15) is 36.4 Å². The van der Waals surface area contributed by atoms with Crippen molar-refractivity contribution in [1.82, 2.24) is 9.88 Å². The van der Waals surface area contributed by atoms with Crippen LogP contribution in [-0.4, -0.2) is 25.3 Å². The molecule has 90 valence electrons. The number of aromatic nitrogens is 1. The van der Waals surface area contributed by atoms with Crippen molar-refractivity contribution >= 4 is 0 Å². The van der Waals surface area contributed by atoms with Crippen LogP contribution in [-0.2, 0) is 17.7 Å². The Morgan fingerprint density at radius 2 is 2.31 bits per heavy atom. The molecule has 0 aromatic carbocycles. The van der Waals surface area contributed by atoms with Crippen LogP contribution < -0.4 is 5.32 Å². The third kappa shape index (κ3) is 2.47. The number of nitrogens with one attached hydrogen (secondary N) is 1. The van der Waals surface area contributed by atoms with Gasteiger partial charge in [-0.15, -0.1) is 0 Å². The molecule has 1 unspecified atom stereocenters. The highest BCUT2D eigenvalue weighted by Gasteiger charge is 2.18. The van der Waals surface area contributed by atoms with Crippen molar-refractivity contribution in [3.8, 4) is 0 Å². The van der Waals surface area contributed by atoms with Gasteiger partial charge in [0.2, 0.25) is 0 Å². The maximum atomic E-state index is 5.12. The third-order valence-electron chi connectivity index (χ3n) is 3.46. The van der Waals surface area contributed by atoms with Gasteiger partial charge in [0, 0.05) is 32.1 Å². The van der Waals surface area contributed by atoms with Gasteiger partial charge in [0.1, 0.15) is 0 Å². The number of nitrogens with zero attached hydrogens (tertiary/aromatic N) is 1. The van der Waals surface area contributed by atoms with Crippen molar-refractivity contribution in [3.63, 3.8) is 0 Å². The second kappa shape index (κ2) is 5.51. The molecule has 0 saturated heterocycles. The average Bonchev–Trinajstić information content (AvgIpc) is 2.61. The molecular weight excluding hydrogens is 200 g/mol. The summed E-state index contributed by atoms with van der Waals surface area (Å²) in [6, 6.07) is 0.543. The van der Waals surface area contributed by atoms with Crippen LogP contribution in [0, 0.1) is 0 Å². The van der Waals surface area contributed by atoms with Gasteiger partial charge in [-0.1, -0.05) is 6.42 Å². The first-order valence-electron chi connectivity index (χ1n) is 6.20. The molecule has 0 spiro atoms. The fourth-order valence-corrected chi connectivity index (χ4v) is 2.54. The maximum absolute atomic E-state index is 5.12. The van der Waals surface area contributed by atoms with Crippen LogP contribution in [0.3, 0.4) is 0 Å². The van der Waals surface area contributed by atoms with Gasteiger partial charge in [-0.05, 0) is 37.4 Å². The van der Waals surface area contributed by atoms with E-state index in [-0.39, 0.29) is 0 Å². The van der Waals surface area contributed by atoms with Crippen LogP contribution in [0.4, 0.5) is 0 Å². The number of methoxy groups -OCH3 is 1. The van der Waals surface area contributed by atoms with Gasteiger partial charge < -0.3 is 14.6 Å². The SMILES string of the molecule is CNC1CCCCc2cn(CCOC)cc21. The van der Waals surface area contributed by atoms with Crippen molar-refractivity contribution in [1.29, 1.82) is 0 Å². The Hall–Kier alpha value is -0.800. The molecule has 3 heteroatoms. The highest BCUT2D eigenvalue weighted by atomic mass is 16.5. The fraction of sp³-hybridized carbons (Fsp3) is 0.692. The van der Waals surface area contributed by atoms with Gasteiger partial charge in [0.05, 0.1) is 6.61 Å². The minimum Gasteiger partial charge on any atom is -0.383 e. The number of rotatable bonds is 4. The minimum atomic E-state index is 0.543. The van der Waals surface area contributed by atoms with Gasteiger partial charge in [-0.25, -0.2) is 0 Å². The molecule has 1 aromatic heterocycles. The molecule has 0 amide bonds. The summed E-state index contributed by atoms with van der Waals surface area (Å²) >= 11 is 0. The summed E-state index contributed by atoms with van der Waals surface area (Å²) in [4.78, 5) is 0. The van der Waals surface area contributed by atoms with Crippen molar-refractivity contribution in [3.05, 3.63) is 23.5 Å². The summed E-state index contributed by atoms with van der Waals surface area (Å²) in [7, 11) is 3.82. The lowest BCUT2D eigenvalue weighted by Gasteiger charge is -2.13. The third-order valence-corrected chi connectivity index (χ3v) is 3.46. The quantitative estimate of drug-likeness (QED) is 0.790. The smallest absolute Gasteiger partial charge is 0.0641 e. The molecule has 16 heavy (non-hydrogen) atoms. The van der Waals surface area contributed by atoms with Gasteiger partial charge in [-0.3, -0.25) is 0 Å². The zero-order chi connectivity index (χ0) is 11.4. The van der Waals surface area contributed by atoms with Crippen molar-refractivity contribution in [2.45, 2.75) is 38.3 Å². The number of ether oxygens (including phenoxy) is 1. The summed E-state index contributed by atoms with van der Waals surface area (Å²) < 4.78 is 7.39. The molecular formula is C13H22N2O. The van der Waals surface area contributed by atoms with Crippen LogP contribution in [0.25, 0.3) is 0 Å². The normalized spacial score (nSPS) is 20.5. The van der Waals surface area contributed by atoms with Crippen LogP contribution >= 0.6 is 0 Å². The van der Waals surface area contributed by atoms with Crippen LogP contribution in [0.2, 0.25) is 0 Å². The Labute approximate surface area is 97.8 Å². The number of hydrogen-bond donors (Lipinski definition) is 1. The van der Waals surface area contributed by atoms with Gasteiger partial charge in [-0.2, -0.15) is 0 Å². The number of aryl methyl sites for hydroxylation is 1. The molecule has 1 aliphatic rings. The van der Waals surface area contributed by atoms with E-state index in [1.54, 1.807) is 7.11 Å². The first-order valence-corrected chi connectivity index (χ1v) is 6.20. The summed E-state index contributed by atoms with van der Waals surface area (Å²) in [5.41, 5.74) is 3.02. The number of fused-ring (bicyclic) bond motifs is 1. The van der Waals surface area contributed by atoms with E-state index in [4.69, 9.17) is 4.74 Å². The highest BCUT2D eigenvalue weighted by Crippen LogP contribution is 2.29. The lowest BCUT2D eigenvalue weighted by molar-refractivity contribution is 0.187. The summed E-state index contributed by atoms with van der Waals surface area (Å²) in [5.74, 6) is 0. The Kier molecular flexibility index (Phi) is 4.02. The van der Waals surface area contributed by atoms with E-state index < -0.39 is 0 Å². The van der Waals surface area contributed by atoms with Crippen molar-refractivity contribution in [2.24, 2.45) is 0 Å². The van der Waals surface area contributed by atoms with Crippen molar-refractivity contribution in [2.75, 3.05) is 20.8 Å². The topological polar surface area (TPSA) is 26.2 Å². The molecule has 1 atom stereocenters. The Morgan fingerprint density at radius 1 is 1.44 bits per heavy atom. The number of hydrogen-bond acceptors (Lipinski definition) is 2. The van der Waals surface area contributed by atoms with E-state index in [2.05, 4.69) is 29.3 Å². The predicted octanol–water partition coefficient (Wildman–Crippen LogP) is 2.12. The lowest BCUT2D eigenvalue weighted by Crippen LogP contribution is -2.15. The zero-order valence-electron chi connectivity index (χ0n) is 10.3. The standard InChI is InChI=1S/C13H22N2O/c1-14-13-6-4-3-5-11-9-15(7-8-16-2)10-12(11)13/h9-10,13-14H,3-8H2,1-2H3. The van der Waals surface area contributed by atoms with E-state index in [0.717, 1.165) is 13.2 Å². The minimum absolute atomic E-state index is 0.543. The molecule has 0 fully saturated rings. The molecule has 3 nitrogen and oxygen atoms in total. The van der Waals surface area contributed by atoms with E-state index in [1.807, 2.05) is 0 Å². The summed E-state index contributed by atoms with van der Waals surface area (Å²) in [6.07, 6.45) is 9.73. The lowest BCUT2D eigenvalue weighted by atomic mass is 10.1. The molecule has 0 aliphatic heterocycles. The summed E-state index contributed by atoms with van der Waals surface area (Å²) in [6.45, 7) is 1.75. The van der Waals surface area contributed by atoms with E-state index in [1.165, 1.54) is 36.8 Å². The monoisotopic (exact) mass is 222 g/mol. The van der Waals surface area contributed by atoms with E-state index >= 15 is 0 Å². The molecule has 2 rings (SSSR count). The van der Waals surface area contributed by atoms with Gasteiger partial charge in [0.25, 0.3) is 0 Å². The Morgan fingerprint density at radius 3 is 3.06 bits per heavy atom. The van der Waals surface area contributed by atoms with Crippen LogP contribution in [0.5, 0.6) is 0 Å². The van der Waals surface area contributed by atoms with Crippen LogP contribution in [0.15, 0.2) is 12.4 Å². The maximum Gasteiger partial charge on any atom is 0.0641 e. The average molecular weight is 222 g/mol. The molecule has 0 saturated carbocycles. The highest BCUT2D eigenvalue weighted by molar-refractivity contribution is 5.29. The Balaban J connectivity index is 2.16. The molecule has 1 heterocycles. The zero-order valence-corrected chi connectivity index (χ0v) is 10.3. The first-order chi connectivity index (χ1) is 7.85. The first kappa shape index (κ1) is 11.7. The Bertz CT molecular complexity index is 333. The summed E-state index contributed by atoms with van der Waals surface area (Å²) in [5, 5.41) is 3.42. The second-order valence-corrected chi connectivity index (χ2v) is 4.56. The van der Waals surface area contributed by atoms with Crippen molar-refractivity contribution < 1.29 is 4.74 Å². The van der Waals surface area contributed by atoms with Gasteiger partial charge in [0.15, 0.2) is 0 Å². The second-order valence-electron chi connectivity index (χ2n) is 4.56. The molecule has 1 N–H and O–H groups in total. The largest absolute Gasteiger partial charge is 0.383 e. The predicted molar refractivity (Wildman–Crippen MR) is 65.7 cm³/mol. The molecule has 1 aromatic rings. The molecule has 1 aliphatic carbocycles. The molecule has 0 bridgehead atoms. The van der Waals surface area contributed by atoms with E-state index in [0.29, 0.717) is 6.04 Å². The van der Waals surface area contributed by atoms with Gasteiger partial charge >= 0.3 is 0 Å². The fourth-order valence-electron chi connectivity index (χ4n) is 2.54. The van der Waals surface area contributed by atoms with E-state index in [9.17, 15) is 0 Å².